The molecule has 1 fully saturated rings. The summed E-state index contributed by atoms with van der Waals surface area (Å²) in [5.41, 5.74) is 7.27. The summed E-state index contributed by atoms with van der Waals surface area (Å²) in [5, 5.41) is 4.59. The first-order valence-electron chi connectivity index (χ1n) is 9.52. The molecule has 0 radical (unpaired) electrons. The molecule has 3 heterocycles. The lowest BCUT2D eigenvalue weighted by Crippen LogP contribution is -2.37. The highest BCUT2D eigenvalue weighted by Crippen LogP contribution is 2.20. The Balaban J connectivity index is 1.30. The van der Waals surface area contributed by atoms with Crippen LogP contribution in [-0.2, 0) is 6.54 Å². The predicted octanol–water partition coefficient (Wildman–Crippen LogP) is 2.55. The van der Waals surface area contributed by atoms with Crippen molar-refractivity contribution in [1.29, 1.82) is 0 Å². The van der Waals surface area contributed by atoms with Gasteiger partial charge in [-0.1, -0.05) is 0 Å². The van der Waals surface area contributed by atoms with E-state index in [1.165, 1.54) is 18.3 Å². The highest BCUT2D eigenvalue weighted by Gasteiger charge is 2.21. The van der Waals surface area contributed by atoms with Crippen LogP contribution in [0.5, 0.6) is 5.75 Å². The summed E-state index contributed by atoms with van der Waals surface area (Å²) in [5.74, 6) is -0.209. The molecule has 2 aromatic heterocycles. The Labute approximate surface area is 167 Å². The monoisotopic (exact) mass is 395 g/mol. The van der Waals surface area contributed by atoms with Gasteiger partial charge in [-0.3, -0.25) is 14.7 Å². The van der Waals surface area contributed by atoms with Crippen LogP contribution in [0.2, 0.25) is 0 Å². The number of amides is 1. The van der Waals surface area contributed by atoms with Crippen molar-refractivity contribution in [3.8, 4) is 11.4 Å². The maximum atomic E-state index is 13.1. The van der Waals surface area contributed by atoms with Crippen LogP contribution < -0.4 is 10.5 Å². The Kier molecular flexibility index (Phi) is 5.53. The molecule has 1 aromatic carbocycles. The van der Waals surface area contributed by atoms with E-state index in [-0.39, 0.29) is 17.6 Å². The summed E-state index contributed by atoms with van der Waals surface area (Å²) in [4.78, 5) is 17.5. The maximum absolute atomic E-state index is 13.1. The number of hydrogen-bond donors (Lipinski definition) is 1. The average Bonchev–Trinajstić information content (AvgIpc) is 3.19. The van der Waals surface area contributed by atoms with Gasteiger partial charge in [-0.2, -0.15) is 5.10 Å². The lowest BCUT2D eigenvalue weighted by Gasteiger charge is -2.31. The van der Waals surface area contributed by atoms with Crippen molar-refractivity contribution in [2.75, 3.05) is 13.1 Å². The minimum absolute atomic E-state index is 0.0890. The molecule has 0 saturated carbocycles. The second-order valence-electron chi connectivity index (χ2n) is 7.06. The fraction of sp³-hybridized carbons (Fsp3) is 0.286. The van der Waals surface area contributed by atoms with Gasteiger partial charge in [0.15, 0.2) is 0 Å². The van der Waals surface area contributed by atoms with E-state index in [9.17, 15) is 9.18 Å². The number of likely N-dealkylation sites (tertiary alicyclic amines) is 1. The van der Waals surface area contributed by atoms with Crippen molar-refractivity contribution in [1.82, 2.24) is 19.7 Å². The highest BCUT2D eigenvalue weighted by molar-refractivity contribution is 5.91. The minimum Gasteiger partial charge on any atom is -0.490 e. The Morgan fingerprint density at radius 1 is 1.17 bits per heavy atom. The third kappa shape index (κ3) is 4.78. The number of nitrogens with zero attached hydrogens (tertiary/aromatic N) is 4. The SMILES string of the molecule is NC(=O)c1cc(OC2CCN(Cc3ccn(-c4ccc(F)cc4)n3)CC2)ccn1. The molecule has 0 atom stereocenters. The van der Waals surface area contributed by atoms with E-state index in [0.717, 1.165) is 43.9 Å². The zero-order chi connectivity index (χ0) is 20.2. The predicted molar refractivity (Wildman–Crippen MR) is 105 cm³/mol. The second-order valence-corrected chi connectivity index (χ2v) is 7.06. The second kappa shape index (κ2) is 8.40. The standard InChI is InChI=1S/C21H22FN5O2/c22-15-1-3-17(4-2-15)27-12-6-16(25-27)14-26-10-7-18(8-11-26)29-19-5-9-24-20(13-19)21(23)28/h1-6,9,12-13,18H,7-8,10-11,14H2,(H2,23,28). The van der Waals surface area contributed by atoms with Gasteiger partial charge in [0.25, 0.3) is 5.91 Å². The fourth-order valence-corrected chi connectivity index (χ4v) is 3.41. The molecule has 7 nitrogen and oxygen atoms in total. The highest BCUT2D eigenvalue weighted by atomic mass is 19.1. The molecule has 8 heteroatoms. The summed E-state index contributed by atoms with van der Waals surface area (Å²) < 4.78 is 20.8. The normalized spacial score (nSPS) is 15.3. The van der Waals surface area contributed by atoms with E-state index in [1.807, 2.05) is 12.3 Å². The van der Waals surface area contributed by atoms with Crippen molar-refractivity contribution in [3.05, 3.63) is 72.1 Å². The van der Waals surface area contributed by atoms with Crippen LogP contribution in [0.1, 0.15) is 29.0 Å². The number of pyridine rings is 1. The Morgan fingerprint density at radius 3 is 2.66 bits per heavy atom. The zero-order valence-electron chi connectivity index (χ0n) is 15.9. The molecule has 0 spiro atoms. The number of carbonyl (C=O) groups is 1. The number of halogens is 1. The lowest BCUT2D eigenvalue weighted by atomic mass is 10.1. The van der Waals surface area contributed by atoms with Gasteiger partial charge in [0, 0.05) is 38.1 Å². The molecule has 2 N–H and O–H groups in total. The van der Waals surface area contributed by atoms with Gasteiger partial charge in [0.05, 0.1) is 11.4 Å². The molecule has 150 valence electrons. The Hall–Kier alpha value is -3.26. The van der Waals surface area contributed by atoms with Crippen LogP contribution in [-0.4, -0.2) is 44.8 Å². The van der Waals surface area contributed by atoms with Crippen LogP contribution in [0, 0.1) is 5.82 Å². The van der Waals surface area contributed by atoms with Gasteiger partial charge in [0.1, 0.15) is 23.4 Å². The van der Waals surface area contributed by atoms with E-state index in [4.69, 9.17) is 10.5 Å². The number of carbonyl (C=O) groups excluding carboxylic acids is 1. The maximum Gasteiger partial charge on any atom is 0.267 e. The molecular formula is C21H22FN5O2. The van der Waals surface area contributed by atoms with Crippen LogP contribution >= 0.6 is 0 Å². The molecular weight excluding hydrogens is 373 g/mol. The third-order valence-electron chi connectivity index (χ3n) is 4.94. The smallest absolute Gasteiger partial charge is 0.267 e. The van der Waals surface area contributed by atoms with Crippen molar-refractivity contribution in [3.63, 3.8) is 0 Å². The van der Waals surface area contributed by atoms with E-state index >= 15 is 0 Å². The molecule has 29 heavy (non-hydrogen) atoms. The minimum atomic E-state index is -0.564. The Bertz CT molecular complexity index is 981. The quantitative estimate of drug-likeness (QED) is 0.693. The van der Waals surface area contributed by atoms with Crippen LogP contribution in [0.4, 0.5) is 4.39 Å². The number of piperidine rings is 1. The number of primary amides is 1. The van der Waals surface area contributed by atoms with Crippen LogP contribution in [0.25, 0.3) is 5.69 Å². The number of ether oxygens (including phenoxy) is 1. The van der Waals surface area contributed by atoms with Crippen LogP contribution in [0.15, 0.2) is 54.9 Å². The first-order chi connectivity index (χ1) is 14.1. The molecule has 1 saturated heterocycles. The largest absolute Gasteiger partial charge is 0.490 e. The number of nitrogens with two attached hydrogens (primary N) is 1. The number of aromatic nitrogens is 3. The first-order valence-corrected chi connectivity index (χ1v) is 9.52. The van der Waals surface area contributed by atoms with Gasteiger partial charge < -0.3 is 10.5 Å². The lowest BCUT2D eigenvalue weighted by molar-refractivity contribution is 0.0947. The molecule has 1 aliphatic rings. The fourth-order valence-electron chi connectivity index (χ4n) is 3.41. The summed E-state index contributed by atoms with van der Waals surface area (Å²) >= 11 is 0. The summed E-state index contributed by atoms with van der Waals surface area (Å²) in [7, 11) is 0. The molecule has 0 bridgehead atoms. The number of benzene rings is 1. The molecule has 0 aliphatic carbocycles. The van der Waals surface area contributed by atoms with Crippen molar-refractivity contribution < 1.29 is 13.9 Å². The average molecular weight is 395 g/mol. The van der Waals surface area contributed by atoms with E-state index in [2.05, 4.69) is 15.0 Å². The number of rotatable bonds is 6. The first kappa shape index (κ1) is 19.1. The van der Waals surface area contributed by atoms with Crippen molar-refractivity contribution >= 4 is 5.91 Å². The molecule has 1 amide bonds. The van der Waals surface area contributed by atoms with Gasteiger partial charge >= 0.3 is 0 Å². The molecule has 4 rings (SSSR count). The molecule has 0 unspecified atom stereocenters. The summed E-state index contributed by atoms with van der Waals surface area (Å²) in [6.45, 7) is 2.53. The van der Waals surface area contributed by atoms with Crippen molar-refractivity contribution in [2.45, 2.75) is 25.5 Å². The van der Waals surface area contributed by atoms with Gasteiger partial charge in [-0.25, -0.2) is 9.07 Å². The topological polar surface area (TPSA) is 86.3 Å². The van der Waals surface area contributed by atoms with Gasteiger partial charge in [-0.05, 0) is 49.2 Å². The molecule has 1 aliphatic heterocycles. The van der Waals surface area contributed by atoms with Gasteiger partial charge in [0.2, 0.25) is 0 Å². The van der Waals surface area contributed by atoms with E-state index < -0.39 is 5.91 Å². The Morgan fingerprint density at radius 2 is 1.93 bits per heavy atom. The molecule has 3 aromatic rings. The summed E-state index contributed by atoms with van der Waals surface area (Å²) in [6, 6.07) is 11.6. The third-order valence-corrected chi connectivity index (χ3v) is 4.94. The van der Waals surface area contributed by atoms with Gasteiger partial charge in [-0.15, -0.1) is 0 Å². The summed E-state index contributed by atoms with van der Waals surface area (Å²) in [6.07, 6.45) is 5.27. The van der Waals surface area contributed by atoms with Crippen LogP contribution in [0.3, 0.4) is 0 Å². The van der Waals surface area contributed by atoms with Crippen molar-refractivity contribution in [2.24, 2.45) is 5.73 Å². The zero-order valence-corrected chi connectivity index (χ0v) is 15.9. The van der Waals surface area contributed by atoms with E-state index in [1.54, 1.807) is 28.9 Å². The van der Waals surface area contributed by atoms with E-state index in [0.29, 0.717) is 5.75 Å². The number of hydrogen-bond acceptors (Lipinski definition) is 5.